The number of aromatic nitrogens is 1. The summed E-state index contributed by atoms with van der Waals surface area (Å²) in [6, 6.07) is 10.5. The average Bonchev–Trinajstić information content (AvgIpc) is 3.15. The average molecular weight is 389 g/mol. The van der Waals surface area contributed by atoms with Gasteiger partial charge in [-0.05, 0) is 44.5 Å². The van der Waals surface area contributed by atoms with Crippen molar-refractivity contribution in [3.63, 3.8) is 0 Å². The molecule has 0 radical (unpaired) electrons. The smallest absolute Gasteiger partial charge is 0.293 e. The number of nitrogens with one attached hydrogen (secondary N) is 1. The monoisotopic (exact) mass is 388 g/mol. The normalized spacial score (nSPS) is 10.4. The molecule has 1 aromatic carbocycles. The van der Waals surface area contributed by atoms with Crippen molar-refractivity contribution in [3.8, 4) is 5.75 Å². The molecule has 3 aromatic rings. The van der Waals surface area contributed by atoms with Crippen LogP contribution >= 0.6 is 11.3 Å². The number of aryl methyl sites for hydroxylation is 2. The van der Waals surface area contributed by atoms with E-state index in [1.807, 2.05) is 23.5 Å². The van der Waals surface area contributed by atoms with Gasteiger partial charge in [0.1, 0.15) is 5.75 Å². The van der Waals surface area contributed by atoms with Crippen molar-refractivity contribution in [1.29, 1.82) is 0 Å². The van der Waals surface area contributed by atoms with Crippen molar-refractivity contribution in [2.45, 2.75) is 33.9 Å². The van der Waals surface area contributed by atoms with Crippen molar-refractivity contribution in [3.05, 3.63) is 52.0 Å². The van der Waals surface area contributed by atoms with E-state index in [0.717, 1.165) is 18.8 Å². The molecule has 1 N–H and O–H groups in total. The molecule has 146 valence electrons. The third-order valence-electron chi connectivity index (χ3n) is 4.41. The van der Waals surface area contributed by atoms with Crippen LogP contribution < -0.4 is 10.1 Å². The van der Waals surface area contributed by atoms with E-state index in [-0.39, 0.29) is 0 Å². The van der Waals surface area contributed by atoms with Crippen molar-refractivity contribution >= 4 is 28.0 Å². The van der Waals surface area contributed by atoms with Gasteiger partial charge in [0.2, 0.25) is 0 Å². The first-order valence-electron chi connectivity index (χ1n) is 8.95. The van der Waals surface area contributed by atoms with Gasteiger partial charge in [-0.1, -0.05) is 12.1 Å². The van der Waals surface area contributed by atoms with E-state index in [9.17, 15) is 4.79 Å². The highest BCUT2D eigenvalue weighted by Crippen LogP contribution is 2.32. The fourth-order valence-electron chi connectivity index (χ4n) is 2.90. The number of carbonyl (C=O) groups excluding carboxylic acids is 1. The van der Waals surface area contributed by atoms with Gasteiger partial charge in [0.15, 0.2) is 0 Å². The number of hydrogen-bond donors (Lipinski definition) is 1. The lowest BCUT2D eigenvalue weighted by molar-refractivity contribution is -0.128. The van der Waals surface area contributed by atoms with Gasteiger partial charge < -0.3 is 19.4 Å². The van der Waals surface area contributed by atoms with Gasteiger partial charge in [-0.25, -0.2) is 0 Å². The molecule has 0 fully saturated rings. The molecule has 0 atom stereocenters. The highest BCUT2D eigenvalue weighted by atomic mass is 32.1. The predicted octanol–water partition coefficient (Wildman–Crippen LogP) is 4.33. The first kappa shape index (κ1) is 21.0. The summed E-state index contributed by atoms with van der Waals surface area (Å²) in [6.45, 7) is 8.77. The molecule has 2 aromatic heterocycles. The van der Waals surface area contributed by atoms with Crippen LogP contribution in [0.3, 0.4) is 0 Å². The summed E-state index contributed by atoms with van der Waals surface area (Å²) in [5.41, 5.74) is 5.35. The van der Waals surface area contributed by atoms with Gasteiger partial charge in [-0.3, -0.25) is 4.79 Å². The minimum Gasteiger partial charge on any atom is -0.497 e. The predicted molar refractivity (Wildman–Crippen MR) is 111 cm³/mol. The highest BCUT2D eigenvalue weighted by molar-refractivity contribution is 7.19. The van der Waals surface area contributed by atoms with Crippen molar-refractivity contribution < 1.29 is 14.3 Å². The van der Waals surface area contributed by atoms with E-state index in [2.05, 4.69) is 53.7 Å². The molecule has 0 saturated heterocycles. The molecule has 0 saturated carbocycles. The van der Waals surface area contributed by atoms with Gasteiger partial charge in [0.25, 0.3) is 6.47 Å². The SMILES string of the molecule is CCOC=O.COc1cccc(CNCc2c(C)n(C)c3cc(C)sc23)c1. The van der Waals surface area contributed by atoms with E-state index in [1.54, 1.807) is 14.0 Å². The van der Waals surface area contributed by atoms with Gasteiger partial charge in [-0.15, -0.1) is 11.3 Å². The standard InChI is InChI=1S/C18H22N2OS.C3H6O2/c1-12-8-17-18(22-12)16(13(2)20(17)3)11-19-10-14-6-5-7-15(9-14)21-4;1-2-5-3-4/h5-9,19H,10-11H2,1-4H3;3H,2H2,1H3. The Labute approximate surface area is 164 Å². The first-order valence-corrected chi connectivity index (χ1v) is 9.76. The Morgan fingerprint density at radius 1 is 1.22 bits per heavy atom. The van der Waals surface area contributed by atoms with Crippen LogP contribution in [0.4, 0.5) is 0 Å². The maximum absolute atomic E-state index is 9.18. The summed E-state index contributed by atoms with van der Waals surface area (Å²) >= 11 is 1.89. The molecule has 3 rings (SSSR count). The molecule has 2 heterocycles. The lowest BCUT2D eigenvalue weighted by atomic mass is 10.2. The lowest BCUT2D eigenvalue weighted by Gasteiger charge is -2.07. The molecule has 5 nitrogen and oxygen atoms in total. The fraction of sp³-hybridized carbons (Fsp3) is 0.381. The van der Waals surface area contributed by atoms with E-state index >= 15 is 0 Å². The number of thiophene rings is 1. The number of hydrogen-bond acceptors (Lipinski definition) is 5. The zero-order valence-electron chi connectivity index (χ0n) is 16.7. The maximum Gasteiger partial charge on any atom is 0.293 e. The van der Waals surface area contributed by atoms with Gasteiger partial charge in [0.05, 0.1) is 23.9 Å². The molecule has 0 aliphatic heterocycles. The quantitative estimate of drug-likeness (QED) is 0.612. The molecule has 0 bridgehead atoms. The second-order valence-electron chi connectivity index (χ2n) is 6.20. The molecule has 6 heteroatoms. The lowest BCUT2D eigenvalue weighted by Crippen LogP contribution is -2.13. The summed E-state index contributed by atoms with van der Waals surface area (Å²) in [7, 11) is 3.85. The topological polar surface area (TPSA) is 52.5 Å². The number of fused-ring (bicyclic) bond motifs is 1. The second-order valence-corrected chi connectivity index (χ2v) is 7.46. The van der Waals surface area contributed by atoms with Gasteiger partial charge >= 0.3 is 0 Å². The summed E-state index contributed by atoms with van der Waals surface area (Å²) in [4.78, 5) is 10.6. The van der Waals surface area contributed by atoms with E-state index in [0.29, 0.717) is 13.1 Å². The maximum atomic E-state index is 9.18. The molecule has 27 heavy (non-hydrogen) atoms. The zero-order valence-corrected chi connectivity index (χ0v) is 17.5. The fourth-order valence-corrected chi connectivity index (χ4v) is 4.04. The number of benzene rings is 1. The van der Waals surface area contributed by atoms with Crippen molar-refractivity contribution in [1.82, 2.24) is 9.88 Å². The Bertz CT molecular complexity index is 883. The second kappa shape index (κ2) is 10.1. The van der Waals surface area contributed by atoms with Crippen molar-refractivity contribution in [2.24, 2.45) is 7.05 Å². The third kappa shape index (κ3) is 5.34. The molecule has 0 spiro atoms. The summed E-state index contributed by atoms with van der Waals surface area (Å²) in [5.74, 6) is 0.909. The number of carbonyl (C=O) groups is 1. The van der Waals surface area contributed by atoms with E-state index in [1.165, 1.54) is 31.9 Å². The van der Waals surface area contributed by atoms with Crippen LogP contribution in [0.2, 0.25) is 0 Å². The molecule has 0 aliphatic rings. The van der Waals surface area contributed by atoms with Crippen LogP contribution in [0, 0.1) is 13.8 Å². The van der Waals surface area contributed by atoms with Crippen LogP contribution in [-0.2, 0) is 29.7 Å². The number of methoxy groups -OCH3 is 1. The van der Waals surface area contributed by atoms with Crippen LogP contribution in [0.1, 0.15) is 28.6 Å². The first-order chi connectivity index (χ1) is 13.0. The molecule has 0 aliphatic carbocycles. The summed E-state index contributed by atoms with van der Waals surface area (Å²) in [6.07, 6.45) is 0. The van der Waals surface area contributed by atoms with Crippen LogP contribution in [0.25, 0.3) is 10.2 Å². The zero-order chi connectivity index (χ0) is 19.8. The Balaban J connectivity index is 0.000000465. The van der Waals surface area contributed by atoms with Crippen molar-refractivity contribution in [2.75, 3.05) is 13.7 Å². The largest absolute Gasteiger partial charge is 0.497 e. The van der Waals surface area contributed by atoms with Gasteiger partial charge in [-0.2, -0.15) is 0 Å². The van der Waals surface area contributed by atoms with Crippen LogP contribution in [0.15, 0.2) is 30.3 Å². The minimum absolute atomic E-state index is 0.431. The van der Waals surface area contributed by atoms with E-state index < -0.39 is 0 Å². The molecular formula is C21H28N2O3S. The Morgan fingerprint density at radius 2 is 2.00 bits per heavy atom. The Kier molecular flexibility index (Phi) is 7.88. The molecular weight excluding hydrogens is 360 g/mol. The number of rotatable bonds is 7. The number of ether oxygens (including phenoxy) is 2. The Morgan fingerprint density at radius 3 is 2.63 bits per heavy atom. The van der Waals surface area contributed by atoms with E-state index in [4.69, 9.17) is 4.74 Å². The summed E-state index contributed by atoms with van der Waals surface area (Å²) < 4.78 is 13.1. The third-order valence-corrected chi connectivity index (χ3v) is 5.51. The van der Waals surface area contributed by atoms with Crippen LogP contribution in [0.5, 0.6) is 5.75 Å². The molecule has 0 unspecified atom stereocenters. The van der Waals surface area contributed by atoms with Crippen LogP contribution in [-0.4, -0.2) is 24.8 Å². The molecule has 0 amide bonds. The Hall–Kier alpha value is -2.31. The highest BCUT2D eigenvalue weighted by Gasteiger charge is 2.13. The van der Waals surface area contributed by atoms with Gasteiger partial charge in [0, 0.05) is 36.3 Å². The minimum atomic E-state index is 0.431. The summed E-state index contributed by atoms with van der Waals surface area (Å²) in [5, 5.41) is 3.56. The number of nitrogens with zero attached hydrogens (tertiary/aromatic N) is 1.